The summed E-state index contributed by atoms with van der Waals surface area (Å²) < 4.78 is 10.6. The van der Waals surface area contributed by atoms with Gasteiger partial charge in [0.05, 0.1) is 19.9 Å². The van der Waals surface area contributed by atoms with Gasteiger partial charge in [-0.1, -0.05) is 6.07 Å². The number of aromatic nitrogens is 1. The Morgan fingerprint density at radius 3 is 2.68 bits per heavy atom. The van der Waals surface area contributed by atoms with E-state index in [4.69, 9.17) is 9.47 Å². The first kappa shape index (κ1) is 17.5. The number of carbonyl (C=O) groups excluding carboxylic acids is 1. The quantitative estimate of drug-likeness (QED) is 0.828. The summed E-state index contributed by atoms with van der Waals surface area (Å²) in [5.74, 6) is 3.50. The van der Waals surface area contributed by atoms with Gasteiger partial charge in [0.2, 0.25) is 0 Å². The number of thioether (sulfide) groups is 1. The van der Waals surface area contributed by atoms with Crippen LogP contribution in [-0.2, 0) is 6.54 Å². The zero-order chi connectivity index (χ0) is 17.6. The molecule has 0 bridgehead atoms. The standard InChI is InChI=1S/C18H23N3O3S/c1-23-16-4-3-13(9-17(16)24-2)11-19-14-10-15(20-12-14)18(22)21-5-7-25-8-6-21/h3-4,9-10,12,19-20H,5-8,11H2,1-2H3. The maximum atomic E-state index is 12.5. The van der Waals surface area contributed by atoms with E-state index >= 15 is 0 Å². The summed E-state index contributed by atoms with van der Waals surface area (Å²) in [5.41, 5.74) is 2.59. The van der Waals surface area contributed by atoms with Crippen LogP contribution in [0.4, 0.5) is 5.69 Å². The van der Waals surface area contributed by atoms with Gasteiger partial charge in [-0.25, -0.2) is 0 Å². The molecule has 1 amide bonds. The Hall–Kier alpha value is -2.28. The zero-order valence-electron chi connectivity index (χ0n) is 14.5. The van der Waals surface area contributed by atoms with Crippen LogP contribution in [0.2, 0.25) is 0 Å². The van der Waals surface area contributed by atoms with Gasteiger partial charge in [-0.15, -0.1) is 0 Å². The Kier molecular flexibility index (Phi) is 5.75. The molecule has 1 fully saturated rings. The number of methoxy groups -OCH3 is 2. The van der Waals surface area contributed by atoms with Gasteiger partial charge in [-0.05, 0) is 23.8 Å². The third-order valence-corrected chi connectivity index (χ3v) is 5.10. The number of rotatable bonds is 6. The summed E-state index contributed by atoms with van der Waals surface area (Å²) in [6.07, 6.45) is 1.83. The van der Waals surface area contributed by atoms with Gasteiger partial charge in [0.25, 0.3) is 5.91 Å². The minimum atomic E-state index is 0.0690. The van der Waals surface area contributed by atoms with Gasteiger partial charge in [-0.2, -0.15) is 11.8 Å². The highest BCUT2D eigenvalue weighted by molar-refractivity contribution is 7.99. The molecular weight excluding hydrogens is 338 g/mol. The molecule has 1 aromatic heterocycles. The number of nitrogens with one attached hydrogen (secondary N) is 2. The van der Waals surface area contributed by atoms with E-state index in [0.717, 1.165) is 35.8 Å². The van der Waals surface area contributed by atoms with Gasteiger partial charge >= 0.3 is 0 Å². The molecule has 1 aromatic carbocycles. The second-order valence-corrected chi connectivity index (χ2v) is 6.97. The number of anilines is 1. The van der Waals surface area contributed by atoms with Crippen molar-refractivity contribution in [1.82, 2.24) is 9.88 Å². The second-order valence-electron chi connectivity index (χ2n) is 5.75. The van der Waals surface area contributed by atoms with E-state index in [1.54, 1.807) is 14.2 Å². The average Bonchev–Trinajstić information content (AvgIpc) is 3.15. The largest absolute Gasteiger partial charge is 0.493 e. The predicted octanol–water partition coefficient (Wildman–Crippen LogP) is 2.83. The third-order valence-electron chi connectivity index (χ3n) is 4.16. The zero-order valence-corrected chi connectivity index (χ0v) is 15.3. The molecule has 3 rings (SSSR count). The topological polar surface area (TPSA) is 66.6 Å². The Morgan fingerprint density at radius 2 is 1.96 bits per heavy atom. The fourth-order valence-electron chi connectivity index (χ4n) is 2.75. The Bertz CT molecular complexity index is 726. The molecule has 2 N–H and O–H groups in total. The minimum absolute atomic E-state index is 0.0690. The number of H-pyrrole nitrogens is 1. The Balaban J connectivity index is 1.61. The van der Waals surface area contributed by atoms with Crippen molar-refractivity contribution < 1.29 is 14.3 Å². The molecule has 1 saturated heterocycles. The molecular formula is C18H23N3O3S. The SMILES string of the molecule is COc1ccc(CNc2c[nH]c(C(=O)N3CCSCC3)c2)cc1OC. The number of nitrogens with zero attached hydrogens (tertiary/aromatic N) is 1. The number of carbonyl (C=O) groups is 1. The number of ether oxygens (including phenoxy) is 2. The van der Waals surface area contributed by atoms with E-state index in [2.05, 4.69) is 10.3 Å². The Morgan fingerprint density at radius 1 is 1.20 bits per heavy atom. The Labute approximate surface area is 151 Å². The fourth-order valence-corrected chi connectivity index (χ4v) is 3.65. The van der Waals surface area contributed by atoms with Gasteiger partial charge in [0.1, 0.15) is 5.69 Å². The molecule has 1 aliphatic rings. The lowest BCUT2D eigenvalue weighted by atomic mass is 10.2. The predicted molar refractivity (Wildman–Crippen MR) is 101 cm³/mol. The molecule has 1 aliphatic heterocycles. The average molecular weight is 361 g/mol. The summed E-state index contributed by atoms with van der Waals surface area (Å²) in [4.78, 5) is 17.4. The summed E-state index contributed by atoms with van der Waals surface area (Å²) >= 11 is 1.89. The van der Waals surface area contributed by atoms with Gasteiger partial charge in [0.15, 0.2) is 11.5 Å². The van der Waals surface area contributed by atoms with E-state index < -0.39 is 0 Å². The number of amides is 1. The molecule has 2 heterocycles. The highest BCUT2D eigenvalue weighted by Gasteiger charge is 2.19. The van der Waals surface area contributed by atoms with Crippen molar-refractivity contribution in [3.63, 3.8) is 0 Å². The maximum absolute atomic E-state index is 12.5. The lowest BCUT2D eigenvalue weighted by Crippen LogP contribution is -2.38. The normalized spacial score (nSPS) is 14.2. The van der Waals surface area contributed by atoms with Crippen LogP contribution in [0.3, 0.4) is 0 Å². The van der Waals surface area contributed by atoms with Crippen molar-refractivity contribution in [3.05, 3.63) is 41.7 Å². The van der Waals surface area contributed by atoms with E-state index in [1.165, 1.54) is 0 Å². The van der Waals surface area contributed by atoms with E-state index in [1.807, 2.05) is 47.1 Å². The maximum Gasteiger partial charge on any atom is 0.270 e. The molecule has 25 heavy (non-hydrogen) atoms. The second kappa shape index (κ2) is 8.20. The van der Waals surface area contributed by atoms with Crippen LogP contribution >= 0.6 is 11.8 Å². The van der Waals surface area contributed by atoms with Crippen molar-refractivity contribution in [3.8, 4) is 11.5 Å². The summed E-state index contributed by atoms with van der Waals surface area (Å²) in [6.45, 7) is 2.26. The number of aromatic amines is 1. The molecule has 0 unspecified atom stereocenters. The molecule has 2 aromatic rings. The molecule has 0 saturated carbocycles. The van der Waals surface area contributed by atoms with E-state index in [-0.39, 0.29) is 5.91 Å². The number of benzene rings is 1. The number of hydrogen-bond acceptors (Lipinski definition) is 5. The van der Waals surface area contributed by atoms with Crippen molar-refractivity contribution in [2.45, 2.75) is 6.54 Å². The molecule has 7 heteroatoms. The van der Waals surface area contributed by atoms with Crippen LogP contribution in [0.15, 0.2) is 30.5 Å². The molecule has 134 valence electrons. The summed E-state index contributed by atoms with van der Waals surface area (Å²) in [6, 6.07) is 7.68. The summed E-state index contributed by atoms with van der Waals surface area (Å²) in [5, 5.41) is 3.33. The van der Waals surface area contributed by atoms with Gasteiger partial charge < -0.3 is 24.7 Å². The first-order chi connectivity index (χ1) is 12.2. The van der Waals surface area contributed by atoms with Crippen LogP contribution in [0.5, 0.6) is 11.5 Å². The highest BCUT2D eigenvalue weighted by atomic mass is 32.2. The van der Waals surface area contributed by atoms with E-state index in [9.17, 15) is 4.79 Å². The molecule has 0 radical (unpaired) electrons. The van der Waals surface area contributed by atoms with Gasteiger partial charge in [0, 0.05) is 37.3 Å². The molecule has 0 atom stereocenters. The van der Waals surface area contributed by atoms with Crippen molar-refractivity contribution in [2.24, 2.45) is 0 Å². The summed E-state index contributed by atoms with van der Waals surface area (Å²) in [7, 11) is 3.24. The smallest absolute Gasteiger partial charge is 0.270 e. The van der Waals surface area contributed by atoms with Crippen LogP contribution in [0.1, 0.15) is 16.1 Å². The van der Waals surface area contributed by atoms with Crippen LogP contribution < -0.4 is 14.8 Å². The molecule has 0 aliphatic carbocycles. The first-order valence-electron chi connectivity index (χ1n) is 8.21. The monoisotopic (exact) mass is 361 g/mol. The molecule has 0 spiro atoms. The van der Waals surface area contributed by atoms with Crippen molar-refractivity contribution in [1.29, 1.82) is 0 Å². The highest BCUT2D eigenvalue weighted by Crippen LogP contribution is 2.28. The number of hydrogen-bond donors (Lipinski definition) is 2. The van der Waals surface area contributed by atoms with Crippen LogP contribution in [0, 0.1) is 0 Å². The molecule has 6 nitrogen and oxygen atoms in total. The lowest BCUT2D eigenvalue weighted by molar-refractivity contribution is 0.0767. The minimum Gasteiger partial charge on any atom is -0.493 e. The van der Waals surface area contributed by atoms with Gasteiger partial charge in [-0.3, -0.25) is 4.79 Å². The lowest BCUT2D eigenvalue weighted by Gasteiger charge is -2.25. The van der Waals surface area contributed by atoms with E-state index in [0.29, 0.717) is 23.7 Å². The third kappa shape index (κ3) is 4.22. The van der Waals surface area contributed by atoms with Crippen LogP contribution in [0.25, 0.3) is 0 Å². The van der Waals surface area contributed by atoms with Crippen molar-refractivity contribution in [2.75, 3.05) is 44.1 Å². The van der Waals surface area contributed by atoms with Crippen LogP contribution in [-0.4, -0.2) is 54.6 Å². The first-order valence-corrected chi connectivity index (χ1v) is 9.37. The fraction of sp³-hybridized carbons (Fsp3) is 0.389. The van der Waals surface area contributed by atoms with Crippen molar-refractivity contribution >= 4 is 23.4 Å².